The van der Waals surface area contributed by atoms with Crippen LogP contribution < -0.4 is 10.6 Å². The molecule has 0 radical (unpaired) electrons. The van der Waals surface area contributed by atoms with Gasteiger partial charge in [0.15, 0.2) is 5.96 Å². The number of thiophene rings is 1. The Labute approximate surface area is 146 Å². The first-order valence-corrected chi connectivity index (χ1v) is 8.96. The summed E-state index contributed by atoms with van der Waals surface area (Å²) in [5, 5.41) is 7.90. The van der Waals surface area contributed by atoms with Gasteiger partial charge in [0.1, 0.15) is 0 Å². The zero-order chi connectivity index (χ0) is 16.8. The van der Waals surface area contributed by atoms with Gasteiger partial charge in [-0.15, -0.1) is 11.3 Å². The lowest BCUT2D eigenvalue weighted by atomic mass is 10.1. The van der Waals surface area contributed by atoms with E-state index in [0.717, 1.165) is 29.8 Å². The Balaban J connectivity index is 1.61. The van der Waals surface area contributed by atoms with Crippen molar-refractivity contribution in [3.8, 4) is 0 Å². The second kappa shape index (κ2) is 7.93. The third-order valence-electron chi connectivity index (χ3n) is 3.88. The first-order chi connectivity index (χ1) is 11.8. The van der Waals surface area contributed by atoms with Crippen molar-refractivity contribution in [1.82, 2.24) is 15.6 Å². The number of fused-ring (bicyclic) bond motifs is 1. The van der Waals surface area contributed by atoms with E-state index >= 15 is 0 Å². The van der Waals surface area contributed by atoms with E-state index in [9.17, 15) is 0 Å². The fraction of sp³-hybridized carbons (Fsp3) is 0.263. The molecule has 3 rings (SSSR count). The van der Waals surface area contributed by atoms with Crippen LogP contribution in [-0.2, 0) is 19.5 Å². The van der Waals surface area contributed by atoms with Crippen molar-refractivity contribution >= 4 is 28.2 Å². The predicted molar refractivity (Wildman–Crippen MR) is 102 cm³/mol. The number of nitrogens with zero attached hydrogens (tertiary/aromatic N) is 2. The summed E-state index contributed by atoms with van der Waals surface area (Å²) in [6.45, 7) is 3.67. The zero-order valence-corrected chi connectivity index (χ0v) is 14.9. The van der Waals surface area contributed by atoms with Crippen LogP contribution in [0.3, 0.4) is 0 Å². The number of nitrogens with one attached hydrogen (secondary N) is 2. The maximum absolute atomic E-state index is 4.49. The van der Waals surface area contributed by atoms with E-state index in [1.807, 2.05) is 23.6 Å². The Morgan fingerprint density at radius 2 is 1.83 bits per heavy atom. The Hall–Kier alpha value is -2.40. The molecular formula is C19H22N4S. The lowest BCUT2D eigenvalue weighted by molar-refractivity contribution is 0.817. The van der Waals surface area contributed by atoms with Crippen LogP contribution in [0.15, 0.2) is 53.7 Å². The number of aliphatic imine (C=N–C) groups is 1. The molecule has 0 saturated carbocycles. The van der Waals surface area contributed by atoms with Crippen LogP contribution >= 0.6 is 11.3 Å². The SMILES string of the molecule is CCc1ccc(CNC(=NC)NCc2cccc3cccnc23)s1. The first-order valence-electron chi connectivity index (χ1n) is 8.15. The molecule has 0 aliphatic carbocycles. The van der Waals surface area contributed by atoms with Crippen molar-refractivity contribution in [3.05, 3.63) is 64.0 Å². The molecule has 0 atom stereocenters. The van der Waals surface area contributed by atoms with Gasteiger partial charge in [0.2, 0.25) is 0 Å². The number of guanidine groups is 1. The maximum Gasteiger partial charge on any atom is 0.191 e. The lowest BCUT2D eigenvalue weighted by Gasteiger charge is -2.12. The van der Waals surface area contributed by atoms with Crippen LogP contribution in [0.1, 0.15) is 22.2 Å². The highest BCUT2D eigenvalue weighted by Gasteiger charge is 2.04. The van der Waals surface area contributed by atoms with Gasteiger partial charge in [-0.2, -0.15) is 0 Å². The third kappa shape index (κ3) is 3.92. The first kappa shape index (κ1) is 16.5. The minimum atomic E-state index is 0.693. The number of rotatable bonds is 5. The van der Waals surface area contributed by atoms with Gasteiger partial charge >= 0.3 is 0 Å². The molecule has 2 heterocycles. The van der Waals surface area contributed by atoms with Crippen LogP contribution in [0.5, 0.6) is 0 Å². The second-order valence-electron chi connectivity index (χ2n) is 5.49. The van der Waals surface area contributed by atoms with Crippen molar-refractivity contribution in [2.45, 2.75) is 26.4 Å². The molecule has 0 fully saturated rings. The van der Waals surface area contributed by atoms with E-state index in [4.69, 9.17) is 0 Å². The van der Waals surface area contributed by atoms with E-state index in [1.54, 1.807) is 7.05 Å². The van der Waals surface area contributed by atoms with Crippen molar-refractivity contribution in [2.24, 2.45) is 4.99 Å². The molecule has 0 unspecified atom stereocenters. The molecule has 0 aliphatic heterocycles. The van der Waals surface area contributed by atoms with Crippen molar-refractivity contribution in [1.29, 1.82) is 0 Å². The van der Waals surface area contributed by atoms with Crippen LogP contribution in [0, 0.1) is 0 Å². The topological polar surface area (TPSA) is 49.3 Å². The molecule has 1 aromatic carbocycles. The van der Waals surface area contributed by atoms with E-state index in [2.05, 4.69) is 63.9 Å². The largest absolute Gasteiger partial charge is 0.352 e. The molecule has 0 aliphatic rings. The van der Waals surface area contributed by atoms with Gasteiger partial charge in [-0.1, -0.05) is 31.2 Å². The number of hydrogen-bond donors (Lipinski definition) is 2. The van der Waals surface area contributed by atoms with Crippen LogP contribution in [-0.4, -0.2) is 18.0 Å². The summed E-state index contributed by atoms with van der Waals surface area (Å²) in [6, 6.07) is 14.7. The number of para-hydroxylation sites is 1. The Morgan fingerprint density at radius 3 is 2.62 bits per heavy atom. The van der Waals surface area contributed by atoms with Gasteiger partial charge in [0.25, 0.3) is 0 Å². The highest BCUT2D eigenvalue weighted by atomic mass is 32.1. The Bertz CT molecular complexity index is 833. The average molecular weight is 338 g/mol. The number of aromatic nitrogens is 1. The molecular weight excluding hydrogens is 316 g/mol. The molecule has 2 N–H and O–H groups in total. The molecule has 24 heavy (non-hydrogen) atoms. The van der Waals surface area contributed by atoms with Crippen LogP contribution in [0.2, 0.25) is 0 Å². The molecule has 2 aromatic heterocycles. The van der Waals surface area contributed by atoms with Gasteiger partial charge in [0, 0.05) is 34.9 Å². The summed E-state index contributed by atoms with van der Waals surface area (Å²) in [7, 11) is 1.79. The van der Waals surface area contributed by atoms with Crippen LogP contribution in [0.25, 0.3) is 10.9 Å². The highest BCUT2D eigenvalue weighted by Crippen LogP contribution is 2.17. The molecule has 0 bridgehead atoms. The summed E-state index contributed by atoms with van der Waals surface area (Å²) in [5.74, 6) is 0.800. The summed E-state index contributed by atoms with van der Waals surface area (Å²) < 4.78 is 0. The van der Waals surface area contributed by atoms with Gasteiger partial charge in [0.05, 0.1) is 12.1 Å². The minimum absolute atomic E-state index is 0.693. The molecule has 4 nitrogen and oxygen atoms in total. The van der Waals surface area contributed by atoms with Crippen molar-refractivity contribution in [2.75, 3.05) is 7.05 Å². The standard InChI is InChI=1S/C19H22N4S/c1-3-16-9-10-17(24-16)13-23-19(20-2)22-12-15-7-4-6-14-8-5-11-21-18(14)15/h4-11H,3,12-13H2,1-2H3,(H2,20,22,23). The minimum Gasteiger partial charge on any atom is -0.352 e. The summed E-state index contributed by atoms with van der Waals surface area (Å²) >= 11 is 1.85. The van der Waals surface area contributed by atoms with E-state index < -0.39 is 0 Å². The van der Waals surface area contributed by atoms with Crippen molar-refractivity contribution in [3.63, 3.8) is 0 Å². The molecule has 0 saturated heterocycles. The Morgan fingerprint density at radius 1 is 1.04 bits per heavy atom. The van der Waals surface area contributed by atoms with Crippen LogP contribution in [0.4, 0.5) is 0 Å². The quantitative estimate of drug-likeness (QED) is 0.550. The van der Waals surface area contributed by atoms with E-state index in [0.29, 0.717) is 6.54 Å². The van der Waals surface area contributed by atoms with Gasteiger partial charge < -0.3 is 10.6 Å². The number of pyridine rings is 1. The fourth-order valence-corrected chi connectivity index (χ4v) is 3.49. The Kier molecular flexibility index (Phi) is 5.43. The summed E-state index contributed by atoms with van der Waals surface area (Å²) in [5.41, 5.74) is 2.20. The number of hydrogen-bond acceptors (Lipinski definition) is 3. The summed E-state index contributed by atoms with van der Waals surface area (Å²) in [4.78, 5) is 11.5. The molecule has 0 spiro atoms. The average Bonchev–Trinajstić information content (AvgIpc) is 3.10. The predicted octanol–water partition coefficient (Wildman–Crippen LogP) is 3.72. The van der Waals surface area contributed by atoms with Gasteiger partial charge in [-0.25, -0.2) is 0 Å². The lowest BCUT2D eigenvalue weighted by Crippen LogP contribution is -2.36. The molecule has 3 aromatic rings. The number of aryl methyl sites for hydroxylation is 1. The molecule has 124 valence electrons. The van der Waals surface area contributed by atoms with Gasteiger partial charge in [-0.3, -0.25) is 9.98 Å². The van der Waals surface area contributed by atoms with Crippen molar-refractivity contribution < 1.29 is 0 Å². The van der Waals surface area contributed by atoms with E-state index in [1.165, 1.54) is 15.3 Å². The molecule has 0 amide bonds. The third-order valence-corrected chi connectivity index (χ3v) is 5.11. The van der Waals surface area contributed by atoms with E-state index in [-0.39, 0.29) is 0 Å². The number of benzene rings is 1. The fourth-order valence-electron chi connectivity index (χ4n) is 2.59. The zero-order valence-electron chi connectivity index (χ0n) is 14.0. The highest BCUT2D eigenvalue weighted by molar-refractivity contribution is 7.11. The summed E-state index contributed by atoms with van der Waals surface area (Å²) in [6.07, 6.45) is 2.92. The smallest absolute Gasteiger partial charge is 0.191 e. The maximum atomic E-state index is 4.49. The second-order valence-corrected chi connectivity index (χ2v) is 6.75. The normalized spacial score (nSPS) is 11.7. The van der Waals surface area contributed by atoms with Gasteiger partial charge in [-0.05, 0) is 30.2 Å². The molecule has 5 heteroatoms. The monoisotopic (exact) mass is 338 g/mol.